The van der Waals surface area contributed by atoms with Gasteiger partial charge in [0.05, 0.1) is 12.1 Å². The normalized spacial score (nSPS) is 11.3. The molecular formula is C13H11BrF3N3O2. The zero-order valence-corrected chi connectivity index (χ0v) is 12.9. The summed E-state index contributed by atoms with van der Waals surface area (Å²) >= 11 is 2.85. The molecule has 0 radical (unpaired) electrons. The molecule has 2 N–H and O–H groups in total. The van der Waals surface area contributed by atoms with Crippen LogP contribution in [0.15, 0.2) is 33.3 Å². The second-order valence-corrected chi connectivity index (χ2v) is 5.27. The van der Waals surface area contributed by atoms with Crippen LogP contribution in [0.1, 0.15) is 11.3 Å². The maximum absolute atomic E-state index is 12.8. The number of hydrogen-bond acceptors (Lipinski definition) is 4. The second kappa shape index (κ2) is 6.39. The number of carbonyl (C=O) groups is 1. The fraction of sp³-hybridized carbons (Fsp3) is 0.231. The summed E-state index contributed by atoms with van der Waals surface area (Å²) in [7, 11) is 0. The second-order valence-electron chi connectivity index (χ2n) is 4.42. The number of nitrogens with zero attached hydrogens (tertiary/aromatic N) is 1. The predicted molar refractivity (Wildman–Crippen MR) is 77.5 cm³/mol. The van der Waals surface area contributed by atoms with Gasteiger partial charge in [0, 0.05) is 16.2 Å². The Morgan fingerprint density at radius 3 is 2.68 bits per heavy atom. The van der Waals surface area contributed by atoms with Gasteiger partial charge in [-0.25, -0.2) is 0 Å². The Balaban J connectivity index is 1.98. The first-order valence-corrected chi connectivity index (χ1v) is 6.89. The van der Waals surface area contributed by atoms with Crippen LogP contribution in [-0.2, 0) is 11.0 Å². The van der Waals surface area contributed by atoms with Gasteiger partial charge >= 0.3 is 6.18 Å². The zero-order valence-electron chi connectivity index (χ0n) is 11.3. The molecule has 1 amide bonds. The first-order valence-electron chi connectivity index (χ1n) is 6.09. The van der Waals surface area contributed by atoms with Crippen molar-refractivity contribution in [1.82, 2.24) is 5.16 Å². The van der Waals surface area contributed by atoms with E-state index in [-0.39, 0.29) is 22.5 Å². The predicted octanol–water partition coefficient (Wildman–Crippen LogP) is 3.81. The molecule has 0 saturated heterocycles. The Kier molecular flexibility index (Phi) is 4.74. The van der Waals surface area contributed by atoms with Crippen LogP contribution in [0.2, 0.25) is 0 Å². The van der Waals surface area contributed by atoms with Crippen LogP contribution >= 0.6 is 15.9 Å². The average Bonchev–Trinajstić information content (AvgIpc) is 2.82. The molecule has 0 atom stereocenters. The van der Waals surface area contributed by atoms with E-state index in [0.717, 1.165) is 6.07 Å². The fourth-order valence-electron chi connectivity index (χ4n) is 1.65. The van der Waals surface area contributed by atoms with Crippen molar-refractivity contribution < 1.29 is 22.5 Å². The maximum atomic E-state index is 12.8. The van der Waals surface area contributed by atoms with Gasteiger partial charge < -0.3 is 15.2 Å². The monoisotopic (exact) mass is 377 g/mol. The Bertz CT molecular complexity index is 685. The van der Waals surface area contributed by atoms with Gasteiger partial charge in [-0.1, -0.05) is 21.1 Å². The summed E-state index contributed by atoms with van der Waals surface area (Å²) in [5.74, 6) is 0.326. The van der Waals surface area contributed by atoms with Crippen LogP contribution in [0, 0.1) is 6.92 Å². The third-order valence-corrected chi connectivity index (χ3v) is 3.31. The number of rotatable bonds is 4. The van der Waals surface area contributed by atoms with Crippen molar-refractivity contribution in [3.63, 3.8) is 0 Å². The van der Waals surface area contributed by atoms with Crippen molar-refractivity contribution in [3.8, 4) is 0 Å². The summed E-state index contributed by atoms with van der Waals surface area (Å²) in [6.45, 7) is 1.46. The molecule has 0 aliphatic heterocycles. The molecule has 1 heterocycles. The number of alkyl halides is 3. The van der Waals surface area contributed by atoms with Gasteiger partial charge in [-0.3, -0.25) is 4.79 Å². The van der Waals surface area contributed by atoms with E-state index in [1.165, 1.54) is 18.2 Å². The highest BCUT2D eigenvalue weighted by molar-refractivity contribution is 9.10. The number of aryl methyl sites for hydroxylation is 1. The molecule has 2 aromatic rings. The number of aromatic nitrogens is 1. The highest BCUT2D eigenvalue weighted by Crippen LogP contribution is 2.36. The van der Waals surface area contributed by atoms with Crippen LogP contribution < -0.4 is 10.6 Å². The quantitative estimate of drug-likeness (QED) is 0.849. The van der Waals surface area contributed by atoms with E-state index in [2.05, 4.69) is 31.7 Å². The van der Waals surface area contributed by atoms with Gasteiger partial charge in [-0.05, 0) is 25.1 Å². The minimum Gasteiger partial charge on any atom is -0.376 e. The third kappa shape index (κ3) is 4.23. The largest absolute Gasteiger partial charge is 0.417 e. The summed E-state index contributed by atoms with van der Waals surface area (Å²) in [6.07, 6.45) is -4.48. The lowest BCUT2D eigenvalue weighted by atomic mass is 10.2. The van der Waals surface area contributed by atoms with Gasteiger partial charge in [0.25, 0.3) is 0 Å². The maximum Gasteiger partial charge on any atom is 0.417 e. The van der Waals surface area contributed by atoms with E-state index >= 15 is 0 Å². The van der Waals surface area contributed by atoms with Crippen molar-refractivity contribution in [2.24, 2.45) is 0 Å². The third-order valence-electron chi connectivity index (χ3n) is 2.62. The first kappa shape index (κ1) is 16.3. The number of hydrogen-bond donors (Lipinski definition) is 2. The lowest BCUT2D eigenvalue weighted by Gasteiger charge is -2.12. The molecular weight excluding hydrogens is 367 g/mol. The van der Waals surface area contributed by atoms with Gasteiger partial charge in [-0.2, -0.15) is 13.2 Å². The van der Waals surface area contributed by atoms with E-state index in [9.17, 15) is 18.0 Å². The van der Waals surface area contributed by atoms with E-state index < -0.39 is 17.6 Å². The van der Waals surface area contributed by atoms with Crippen molar-refractivity contribution >= 4 is 33.3 Å². The van der Waals surface area contributed by atoms with Crippen LogP contribution in [0.25, 0.3) is 0 Å². The molecule has 2 rings (SSSR count). The van der Waals surface area contributed by atoms with Gasteiger partial charge in [0.1, 0.15) is 5.76 Å². The molecule has 9 heteroatoms. The molecule has 0 unspecified atom stereocenters. The van der Waals surface area contributed by atoms with Crippen molar-refractivity contribution in [2.75, 3.05) is 17.2 Å². The van der Waals surface area contributed by atoms with Crippen molar-refractivity contribution in [2.45, 2.75) is 13.1 Å². The molecule has 0 bridgehead atoms. The number of benzene rings is 1. The number of carbonyl (C=O) groups excluding carboxylic acids is 1. The average molecular weight is 378 g/mol. The fourth-order valence-corrected chi connectivity index (χ4v) is 2.12. The van der Waals surface area contributed by atoms with E-state index in [1.54, 1.807) is 6.92 Å². The summed E-state index contributed by atoms with van der Waals surface area (Å²) in [4.78, 5) is 11.7. The molecule has 1 aromatic heterocycles. The lowest BCUT2D eigenvalue weighted by molar-refractivity contribution is -0.138. The summed E-state index contributed by atoms with van der Waals surface area (Å²) < 4.78 is 43.0. The Morgan fingerprint density at radius 2 is 2.09 bits per heavy atom. The molecule has 1 aromatic carbocycles. The first-order chi connectivity index (χ1) is 10.3. The molecule has 22 heavy (non-hydrogen) atoms. The van der Waals surface area contributed by atoms with Crippen LogP contribution in [0.5, 0.6) is 0 Å². The van der Waals surface area contributed by atoms with Crippen LogP contribution in [0.3, 0.4) is 0 Å². The number of amides is 1. The van der Waals surface area contributed by atoms with E-state index in [1.807, 2.05) is 0 Å². The highest BCUT2D eigenvalue weighted by atomic mass is 79.9. The van der Waals surface area contributed by atoms with E-state index in [0.29, 0.717) is 5.76 Å². The molecule has 0 aliphatic rings. The molecule has 0 saturated carbocycles. The van der Waals surface area contributed by atoms with Crippen molar-refractivity contribution in [1.29, 1.82) is 0 Å². The van der Waals surface area contributed by atoms with E-state index in [4.69, 9.17) is 4.52 Å². The SMILES string of the molecule is Cc1cc(NC(=O)CNc2ccc(Br)c(C(F)(F)F)c2)no1. The van der Waals surface area contributed by atoms with Gasteiger partial charge in [0.15, 0.2) is 5.82 Å². The Labute approximate surface area is 132 Å². The highest BCUT2D eigenvalue weighted by Gasteiger charge is 2.33. The number of nitrogens with one attached hydrogen (secondary N) is 2. The lowest BCUT2D eigenvalue weighted by Crippen LogP contribution is -2.22. The molecule has 5 nitrogen and oxygen atoms in total. The molecule has 0 spiro atoms. The van der Waals surface area contributed by atoms with Gasteiger partial charge in [0.2, 0.25) is 5.91 Å². The molecule has 118 valence electrons. The summed E-state index contributed by atoms with van der Waals surface area (Å²) in [6, 6.07) is 5.16. The molecule has 0 aliphatic carbocycles. The Hall–Kier alpha value is -2.03. The summed E-state index contributed by atoms with van der Waals surface area (Å²) in [5.41, 5.74) is -0.632. The topological polar surface area (TPSA) is 67.2 Å². The van der Waals surface area contributed by atoms with Gasteiger partial charge in [-0.15, -0.1) is 0 Å². The minimum atomic E-state index is -4.48. The Morgan fingerprint density at radius 1 is 1.36 bits per heavy atom. The minimum absolute atomic E-state index is 0.0620. The molecule has 0 fully saturated rings. The summed E-state index contributed by atoms with van der Waals surface area (Å²) in [5, 5.41) is 8.65. The number of anilines is 2. The van der Waals surface area contributed by atoms with Crippen LogP contribution in [-0.4, -0.2) is 17.6 Å². The van der Waals surface area contributed by atoms with Crippen molar-refractivity contribution in [3.05, 3.63) is 40.1 Å². The standard InChI is InChI=1S/C13H11BrF3N3O2/c1-7-4-11(20-22-7)19-12(21)6-18-8-2-3-10(14)9(5-8)13(15,16)17/h2-5,18H,6H2,1H3,(H,19,20,21). The van der Waals surface area contributed by atoms with Crippen LogP contribution in [0.4, 0.5) is 24.7 Å². The number of halogens is 4. The zero-order chi connectivity index (χ0) is 16.3. The smallest absolute Gasteiger partial charge is 0.376 e.